The number of hydrogen-bond acceptors (Lipinski definition) is 2. The highest BCUT2D eigenvalue weighted by atomic mass is 32.2. The third-order valence-electron chi connectivity index (χ3n) is 1.88. The molecule has 1 rings (SSSR count). The van der Waals surface area contributed by atoms with E-state index < -0.39 is 0 Å². The minimum absolute atomic E-state index is 0.0269. The quantitative estimate of drug-likeness (QED) is 0.586. The number of benzene rings is 1. The van der Waals surface area contributed by atoms with Crippen molar-refractivity contribution in [3.63, 3.8) is 0 Å². The van der Waals surface area contributed by atoms with Crippen LogP contribution < -0.4 is 5.73 Å². The van der Waals surface area contributed by atoms with Gasteiger partial charge in [-0.1, -0.05) is 12.1 Å². The Kier molecular flexibility index (Phi) is 3.88. The van der Waals surface area contributed by atoms with Gasteiger partial charge in [-0.05, 0) is 24.0 Å². The van der Waals surface area contributed by atoms with Crippen LogP contribution in [-0.2, 0) is 0 Å². The molecule has 0 heterocycles. The summed E-state index contributed by atoms with van der Waals surface area (Å²) in [5.41, 5.74) is 6.95. The molecule has 1 aromatic carbocycles. The summed E-state index contributed by atoms with van der Waals surface area (Å²) in [4.78, 5) is 1.25. The van der Waals surface area contributed by atoms with Gasteiger partial charge in [0.05, 0.1) is 0 Å². The summed E-state index contributed by atoms with van der Waals surface area (Å²) in [6.07, 6.45) is 7.84. The second-order valence-corrected chi connectivity index (χ2v) is 3.67. The number of nitrogens with two attached hydrogens (primary N) is 1. The molecule has 0 saturated carbocycles. The first-order valence-corrected chi connectivity index (χ1v) is 5.33. The Bertz CT molecular complexity index is 297. The van der Waals surface area contributed by atoms with Gasteiger partial charge in [-0.2, -0.15) is 0 Å². The van der Waals surface area contributed by atoms with Crippen LogP contribution in [0.15, 0.2) is 29.2 Å². The maximum absolute atomic E-state index is 5.85. The highest BCUT2D eigenvalue weighted by Crippen LogP contribution is 2.19. The number of thioether (sulfide) groups is 1. The van der Waals surface area contributed by atoms with E-state index in [9.17, 15) is 0 Å². The molecule has 1 unspecified atom stereocenters. The number of hydrogen-bond donors (Lipinski definition) is 1. The molecule has 1 aromatic rings. The van der Waals surface area contributed by atoms with Crippen molar-refractivity contribution in [2.24, 2.45) is 5.73 Å². The second-order valence-electron chi connectivity index (χ2n) is 2.79. The van der Waals surface area contributed by atoms with Gasteiger partial charge >= 0.3 is 0 Å². The Morgan fingerprint density at radius 1 is 1.46 bits per heavy atom. The summed E-state index contributed by atoms with van der Waals surface area (Å²) in [7, 11) is 0. The van der Waals surface area contributed by atoms with E-state index in [1.807, 2.05) is 12.1 Å². The molecule has 0 radical (unpaired) electrons. The zero-order valence-electron chi connectivity index (χ0n) is 7.66. The summed E-state index contributed by atoms with van der Waals surface area (Å²) in [5.74, 6) is 2.56. The molecule has 0 saturated heterocycles. The molecule has 1 nitrogen and oxygen atoms in total. The van der Waals surface area contributed by atoms with Crippen molar-refractivity contribution in [1.29, 1.82) is 0 Å². The normalized spacial score (nSPS) is 12.1. The second kappa shape index (κ2) is 4.96. The molecule has 0 bridgehead atoms. The molecule has 0 amide bonds. The van der Waals surface area contributed by atoms with Crippen LogP contribution in [-0.4, -0.2) is 6.26 Å². The fourth-order valence-corrected chi connectivity index (χ4v) is 1.50. The van der Waals surface area contributed by atoms with E-state index in [0.717, 1.165) is 5.56 Å². The molecule has 0 aromatic heterocycles. The first kappa shape index (κ1) is 10.2. The van der Waals surface area contributed by atoms with Gasteiger partial charge in [0.25, 0.3) is 0 Å². The summed E-state index contributed by atoms with van der Waals surface area (Å²) in [5, 5.41) is 0. The van der Waals surface area contributed by atoms with Crippen LogP contribution in [0, 0.1) is 12.3 Å². The van der Waals surface area contributed by atoms with E-state index in [0.29, 0.717) is 6.42 Å². The van der Waals surface area contributed by atoms with Crippen LogP contribution >= 0.6 is 11.8 Å². The Morgan fingerprint density at radius 3 is 2.54 bits per heavy atom. The highest BCUT2D eigenvalue weighted by Gasteiger charge is 2.02. The van der Waals surface area contributed by atoms with Crippen molar-refractivity contribution in [2.75, 3.05) is 6.26 Å². The van der Waals surface area contributed by atoms with Crippen molar-refractivity contribution in [1.82, 2.24) is 0 Å². The molecule has 0 aliphatic heterocycles. The first-order chi connectivity index (χ1) is 6.27. The Balaban J connectivity index is 2.74. The SMILES string of the molecule is C#CCC(N)c1ccc(SC)cc1. The number of terminal acetylenes is 1. The van der Waals surface area contributed by atoms with Crippen molar-refractivity contribution >= 4 is 11.8 Å². The maximum Gasteiger partial charge on any atom is 0.0405 e. The van der Waals surface area contributed by atoms with E-state index >= 15 is 0 Å². The smallest absolute Gasteiger partial charge is 0.0405 e. The molecule has 0 aliphatic rings. The molecule has 0 aliphatic carbocycles. The lowest BCUT2D eigenvalue weighted by molar-refractivity contribution is 0.754. The van der Waals surface area contributed by atoms with Gasteiger partial charge in [-0.15, -0.1) is 24.1 Å². The summed E-state index contributed by atoms with van der Waals surface area (Å²) in [6, 6.07) is 8.18. The van der Waals surface area contributed by atoms with E-state index in [4.69, 9.17) is 12.2 Å². The van der Waals surface area contributed by atoms with Gasteiger partial charge in [0.1, 0.15) is 0 Å². The molecule has 68 valence electrons. The Labute approximate surface area is 83.7 Å². The predicted octanol–water partition coefficient (Wildman–Crippen LogP) is 2.43. The largest absolute Gasteiger partial charge is 0.323 e. The van der Waals surface area contributed by atoms with Crippen molar-refractivity contribution in [3.8, 4) is 12.3 Å². The summed E-state index contributed by atoms with van der Waals surface area (Å²) >= 11 is 1.72. The fraction of sp³-hybridized carbons (Fsp3) is 0.273. The van der Waals surface area contributed by atoms with Crippen LogP contribution in [0.25, 0.3) is 0 Å². The van der Waals surface area contributed by atoms with Gasteiger partial charge in [0, 0.05) is 17.4 Å². The Morgan fingerprint density at radius 2 is 2.08 bits per heavy atom. The molecular formula is C11H13NS. The predicted molar refractivity (Wildman–Crippen MR) is 58.6 cm³/mol. The fourth-order valence-electron chi connectivity index (χ4n) is 1.10. The van der Waals surface area contributed by atoms with Crippen molar-refractivity contribution < 1.29 is 0 Å². The minimum Gasteiger partial charge on any atom is -0.323 e. The zero-order valence-corrected chi connectivity index (χ0v) is 8.47. The number of rotatable bonds is 3. The van der Waals surface area contributed by atoms with Gasteiger partial charge in [0.2, 0.25) is 0 Å². The standard InChI is InChI=1S/C11H13NS/c1-3-4-11(12)9-5-7-10(13-2)8-6-9/h1,5-8,11H,4,12H2,2H3. The maximum atomic E-state index is 5.85. The lowest BCUT2D eigenvalue weighted by Crippen LogP contribution is -2.08. The van der Waals surface area contributed by atoms with Crippen LogP contribution in [0.1, 0.15) is 18.0 Å². The third kappa shape index (κ3) is 2.80. The topological polar surface area (TPSA) is 26.0 Å². The average Bonchev–Trinajstić information content (AvgIpc) is 2.18. The van der Waals surface area contributed by atoms with Crippen LogP contribution in [0.5, 0.6) is 0 Å². The molecule has 1 atom stereocenters. The Hall–Kier alpha value is -0.910. The molecule has 13 heavy (non-hydrogen) atoms. The highest BCUT2D eigenvalue weighted by molar-refractivity contribution is 7.98. The van der Waals surface area contributed by atoms with Crippen LogP contribution in [0.3, 0.4) is 0 Å². The molecule has 0 fully saturated rings. The molecule has 2 heteroatoms. The summed E-state index contributed by atoms with van der Waals surface area (Å²) < 4.78 is 0. The monoisotopic (exact) mass is 191 g/mol. The van der Waals surface area contributed by atoms with E-state index in [-0.39, 0.29) is 6.04 Å². The van der Waals surface area contributed by atoms with Gasteiger partial charge in [-0.25, -0.2) is 0 Å². The molecule has 2 N–H and O–H groups in total. The minimum atomic E-state index is -0.0269. The van der Waals surface area contributed by atoms with Crippen LogP contribution in [0.4, 0.5) is 0 Å². The lowest BCUT2D eigenvalue weighted by Gasteiger charge is -2.08. The third-order valence-corrected chi connectivity index (χ3v) is 2.63. The lowest BCUT2D eigenvalue weighted by atomic mass is 10.1. The van der Waals surface area contributed by atoms with Gasteiger partial charge in [-0.3, -0.25) is 0 Å². The van der Waals surface area contributed by atoms with Crippen LogP contribution in [0.2, 0.25) is 0 Å². The van der Waals surface area contributed by atoms with E-state index in [2.05, 4.69) is 24.3 Å². The van der Waals surface area contributed by atoms with E-state index in [1.165, 1.54) is 4.90 Å². The van der Waals surface area contributed by atoms with E-state index in [1.54, 1.807) is 11.8 Å². The zero-order chi connectivity index (χ0) is 9.68. The molecule has 0 spiro atoms. The van der Waals surface area contributed by atoms with Crippen molar-refractivity contribution in [3.05, 3.63) is 29.8 Å². The first-order valence-electron chi connectivity index (χ1n) is 4.11. The average molecular weight is 191 g/mol. The molecular weight excluding hydrogens is 178 g/mol. The summed E-state index contributed by atoms with van der Waals surface area (Å²) in [6.45, 7) is 0. The van der Waals surface area contributed by atoms with Crippen molar-refractivity contribution in [2.45, 2.75) is 17.4 Å². The van der Waals surface area contributed by atoms with Gasteiger partial charge in [0.15, 0.2) is 0 Å². The van der Waals surface area contributed by atoms with Gasteiger partial charge < -0.3 is 5.73 Å².